The van der Waals surface area contributed by atoms with Crippen molar-refractivity contribution in [2.75, 3.05) is 24.6 Å². The lowest BCUT2D eigenvalue weighted by atomic mass is 9.80. The lowest BCUT2D eigenvalue weighted by molar-refractivity contribution is 0.0552. The molecule has 0 unspecified atom stereocenters. The van der Waals surface area contributed by atoms with E-state index in [1.165, 1.54) is 12.4 Å². The molecule has 1 fully saturated rings. The number of halogens is 1. The number of hydrogen-bond donors (Lipinski definition) is 0. The number of anilines is 1. The molecule has 2 aliphatic rings. The second-order valence-electron chi connectivity index (χ2n) is 7.47. The zero-order valence-electron chi connectivity index (χ0n) is 15.6. The van der Waals surface area contributed by atoms with Gasteiger partial charge in [-0.05, 0) is 13.3 Å². The van der Waals surface area contributed by atoms with E-state index >= 15 is 0 Å². The van der Waals surface area contributed by atoms with E-state index in [1.807, 2.05) is 37.3 Å². The minimum absolute atomic E-state index is 0.234. The van der Waals surface area contributed by atoms with Gasteiger partial charge in [0.1, 0.15) is 0 Å². The molecular formula is C21H20FN5O. The number of aromatic nitrogens is 4. The van der Waals surface area contributed by atoms with Crippen molar-refractivity contribution in [3.63, 3.8) is 0 Å². The van der Waals surface area contributed by atoms with Gasteiger partial charge in [0.15, 0.2) is 11.6 Å². The number of fused-ring (bicyclic) bond motifs is 2. The molecule has 142 valence electrons. The summed E-state index contributed by atoms with van der Waals surface area (Å²) in [7, 11) is 0. The smallest absolute Gasteiger partial charge is 0.225 e. The fraction of sp³-hybridized carbons (Fsp3) is 0.333. The fourth-order valence-corrected chi connectivity index (χ4v) is 4.16. The van der Waals surface area contributed by atoms with E-state index in [0.29, 0.717) is 25.7 Å². The lowest BCUT2D eigenvalue weighted by Crippen LogP contribution is -2.41. The Kier molecular flexibility index (Phi) is 4.05. The monoisotopic (exact) mass is 377 g/mol. The van der Waals surface area contributed by atoms with Crippen LogP contribution in [0.5, 0.6) is 0 Å². The Bertz CT molecular complexity index is 1010. The first kappa shape index (κ1) is 17.2. The van der Waals surface area contributed by atoms with Gasteiger partial charge in [-0.15, -0.1) is 0 Å². The van der Waals surface area contributed by atoms with E-state index in [9.17, 15) is 4.39 Å². The number of nitrogens with zero attached hydrogens (tertiary/aromatic N) is 5. The van der Waals surface area contributed by atoms with Crippen LogP contribution in [0.15, 0.2) is 42.7 Å². The molecule has 28 heavy (non-hydrogen) atoms. The molecule has 7 heteroatoms. The topological polar surface area (TPSA) is 64.0 Å². The Balaban J connectivity index is 1.55. The first-order chi connectivity index (χ1) is 13.6. The Hall–Kier alpha value is -2.93. The van der Waals surface area contributed by atoms with Gasteiger partial charge in [0.05, 0.1) is 36.7 Å². The van der Waals surface area contributed by atoms with E-state index in [4.69, 9.17) is 14.7 Å². The molecule has 1 aromatic carbocycles. The molecule has 2 aromatic heterocycles. The van der Waals surface area contributed by atoms with E-state index in [0.717, 1.165) is 41.3 Å². The van der Waals surface area contributed by atoms with Crippen molar-refractivity contribution in [3.8, 4) is 11.4 Å². The molecule has 0 amide bonds. The SMILES string of the molecule is Cc1nc(-c2ccccc2)nc2c1COC[C@@]21CCN(c2ncc(F)cn2)C1. The zero-order valence-corrected chi connectivity index (χ0v) is 15.6. The van der Waals surface area contributed by atoms with Crippen molar-refractivity contribution >= 4 is 5.95 Å². The van der Waals surface area contributed by atoms with Crippen LogP contribution in [0, 0.1) is 12.7 Å². The average Bonchev–Trinajstić information content (AvgIpc) is 3.14. The van der Waals surface area contributed by atoms with Gasteiger partial charge in [0, 0.05) is 29.9 Å². The molecule has 4 heterocycles. The van der Waals surface area contributed by atoms with Gasteiger partial charge in [-0.2, -0.15) is 0 Å². The summed E-state index contributed by atoms with van der Waals surface area (Å²) in [5.41, 5.74) is 3.87. The van der Waals surface area contributed by atoms with Crippen LogP contribution in [0.4, 0.5) is 10.3 Å². The van der Waals surface area contributed by atoms with Gasteiger partial charge in [-0.1, -0.05) is 30.3 Å². The second kappa shape index (κ2) is 6.60. The van der Waals surface area contributed by atoms with Crippen molar-refractivity contribution in [2.24, 2.45) is 0 Å². The summed E-state index contributed by atoms with van der Waals surface area (Å²) in [5.74, 6) is 0.856. The van der Waals surface area contributed by atoms with Crippen LogP contribution in [-0.4, -0.2) is 39.6 Å². The third-order valence-electron chi connectivity index (χ3n) is 5.62. The summed E-state index contributed by atoms with van der Waals surface area (Å²) in [6.07, 6.45) is 3.29. The van der Waals surface area contributed by atoms with Gasteiger partial charge >= 0.3 is 0 Å². The molecule has 1 spiro atoms. The summed E-state index contributed by atoms with van der Waals surface area (Å²) >= 11 is 0. The second-order valence-corrected chi connectivity index (χ2v) is 7.47. The first-order valence-electron chi connectivity index (χ1n) is 9.38. The summed E-state index contributed by atoms with van der Waals surface area (Å²) in [6, 6.07) is 10.0. The number of hydrogen-bond acceptors (Lipinski definition) is 6. The zero-order chi connectivity index (χ0) is 19.1. The van der Waals surface area contributed by atoms with Crippen LogP contribution in [0.1, 0.15) is 23.4 Å². The van der Waals surface area contributed by atoms with Crippen LogP contribution in [0.3, 0.4) is 0 Å². The molecule has 2 aliphatic heterocycles. The van der Waals surface area contributed by atoms with Gasteiger partial charge in [0.2, 0.25) is 5.95 Å². The van der Waals surface area contributed by atoms with E-state index < -0.39 is 5.82 Å². The normalized spacial score (nSPS) is 21.1. The first-order valence-corrected chi connectivity index (χ1v) is 9.38. The highest BCUT2D eigenvalue weighted by Crippen LogP contribution is 2.41. The molecule has 5 rings (SSSR count). The van der Waals surface area contributed by atoms with E-state index in [2.05, 4.69) is 14.9 Å². The molecule has 0 radical (unpaired) electrons. The molecule has 0 aliphatic carbocycles. The predicted octanol–water partition coefficient (Wildman–Crippen LogP) is 3.06. The van der Waals surface area contributed by atoms with Crippen LogP contribution < -0.4 is 4.90 Å². The highest BCUT2D eigenvalue weighted by molar-refractivity contribution is 5.56. The maximum absolute atomic E-state index is 13.2. The van der Waals surface area contributed by atoms with Crippen molar-refractivity contribution in [1.82, 2.24) is 19.9 Å². The van der Waals surface area contributed by atoms with Gasteiger partial charge in [0.25, 0.3) is 0 Å². The Labute approximate surface area is 162 Å². The average molecular weight is 377 g/mol. The highest BCUT2D eigenvalue weighted by Gasteiger charge is 2.46. The summed E-state index contributed by atoms with van der Waals surface area (Å²) in [5, 5.41) is 0. The fourth-order valence-electron chi connectivity index (χ4n) is 4.16. The standard InChI is InChI=1S/C21H20FN5O/c1-14-17-11-28-13-21(7-8-27(12-21)20-23-9-16(22)10-24-20)18(17)26-19(25-14)15-5-3-2-4-6-15/h2-6,9-10H,7-8,11-13H2,1H3/t21-/m0/s1. The Morgan fingerprint density at radius 2 is 1.89 bits per heavy atom. The molecule has 0 saturated carbocycles. The van der Waals surface area contributed by atoms with Crippen molar-refractivity contribution in [1.29, 1.82) is 0 Å². The minimum atomic E-state index is -0.431. The van der Waals surface area contributed by atoms with Gasteiger partial charge in [-0.25, -0.2) is 24.3 Å². The van der Waals surface area contributed by atoms with Crippen LogP contribution in [-0.2, 0) is 16.8 Å². The highest BCUT2D eigenvalue weighted by atomic mass is 19.1. The molecule has 6 nitrogen and oxygen atoms in total. The maximum Gasteiger partial charge on any atom is 0.225 e. The molecule has 1 atom stereocenters. The van der Waals surface area contributed by atoms with Crippen LogP contribution >= 0.6 is 0 Å². The number of rotatable bonds is 2. The van der Waals surface area contributed by atoms with Crippen molar-refractivity contribution in [2.45, 2.75) is 25.4 Å². The van der Waals surface area contributed by atoms with E-state index in [-0.39, 0.29) is 5.41 Å². The Morgan fingerprint density at radius 3 is 2.68 bits per heavy atom. The summed E-state index contributed by atoms with van der Waals surface area (Å²) in [6.45, 7) is 4.62. The van der Waals surface area contributed by atoms with Gasteiger partial charge < -0.3 is 9.64 Å². The summed E-state index contributed by atoms with van der Waals surface area (Å²) < 4.78 is 19.1. The number of ether oxygens (including phenoxy) is 1. The molecule has 1 saturated heterocycles. The van der Waals surface area contributed by atoms with Gasteiger partial charge in [-0.3, -0.25) is 0 Å². The third-order valence-corrected chi connectivity index (χ3v) is 5.62. The summed E-state index contributed by atoms with van der Waals surface area (Å²) in [4.78, 5) is 20.1. The number of benzene rings is 1. The maximum atomic E-state index is 13.2. The Morgan fingerprint density at radius 1 is 1.11 bits per heavy atom. The van der Waals surface area contributed by atoms with Crippen molar-refractivity contribution < 1.29 is 9.13 Å². The third kappa shape index (κ3) is 2.82. The minimum Gasteiger partial charge on any atom is -0.376 e. The van der Waals surface area contributed by atoms with Crippen LogP contribution in [0.25, 0.3) is 11.4 Å². The number of aryl methyl sites for hydroxylation is 1. The molecule has 0 bridgehead atoms. The predicted molar refractivity (Wildman–Crippen MR) is 102 cm³/mol. The lowest BCUT2D eigenvalue weighted by Gasteiger charge is -2.35. The van der Waals surface area contributed by atoms with Crippen molar-refractivity contribution in [3.05, 3.63) is 65.5 Å². The quantitative estimate of drug-likeness (QED) is 0.684. The molecular weight excluding hydrogens is 357 g/mol. The van der Waals surface area contributed by atoms with E-state index in [1.54, 1.807) is 0 Å². The molecule has 3 aromatic rings. The largest absolute Gasteiger partial charge is 0.376 e. The molecule has 0 N–H and O–H groups in total. The van der Waals surface area contributed by atoms with Crippen LogP contribution in [0.2, 0.25) is 0 Å².